The molecule has 0 radical (unpaired) electrons. The Morgan fingerprint density at radius 3 is 2.56 bits per heavy atom. The number of aldehydes is 1. The first-order valence-electron chi connectivity index (χ1n) is 5.75. The number of carbonyl (C=O) groups excluding carboxylic acids is 1. The molecular weight excluding hydrogens is 228 g/mol. The first kappa shape index (κ1) is 12.4. The van der Waals surface area contributed by atoms with Gasteiger partial charge in [-0.25, -0.2) is 4.68 Å². The normalized spacial score (nSPS) is 10.4. The summed E-state index contributed by atoms with van der Waals surface area (Å²) in [4.78, 5) is 11.0. The lowest BCUT2D eigenvalue weighted by atomic mass is 10.2. The fourth-order valence-electron chi connectivity index (χ4n) is 2.03. The zero-order valence-corrected chi connectivity index (χ0v) is 11.0. The lowest BCUT2D eigenvalue weighted by Crippen LogP contribution is -2.02. The van der Waals surface area contributed by atoms with Crippen molar-refractivity contribution in [3.8, 4) is 11.4 Å². The van der Waals surface area contributed by atoms with Crippen molar-refractivity contribution in [3.05, 3.63) is 40.7 Å². The maximum absolute atomic E-state index is 11.0. The number of aryl methyl sites for hydroxylation is 2. The van der Waals surface area contributed by atoms with Gasteiger partial charge < -0.3 is 4.74 Å². The summed E-state index contributed by atoms with van der Waals surface area (Å²) in [5, 5.41) is 4.41. The van der Waals surface area contributed by atoms with Crippen LogP contribution in [-0.4, -0.2) is 23.2 Å². The molecule has 0 amide bonds. The zero-order chi connectivity index (χ0) is 13.3. The summed E-state index contributed by atoms with van der Waals surface area (Å²) in [6, 6.07) is 5.88. The molecule has 0 saturated carbocycles. The van der Waals surface area contributed by atoms with E-state index in [4.69, 9.17) is 4.74 Å². The highest BCUT2D eigenvalue weighted by Crippen LogP contribution is 2.26. The molecule has 2 aromatic rings. The van der Waals surface area contributed by atoms with Crippen LogP contribution in [0.25, 0.3) is 5.69 Å². The molecule has 0 aliphatic heterocycles. The Labute approximate surface area is 106 Å². The van der Waals surface area contributed by atoms with Crippen LogP contribution in [0, 0.1) is 20.8 Å². The smallest absolute Gasteiger partial charge is 0.153 e. The Balaban J connectivity index is 2.68. The highest BCUT2D eigenvalue weighted by Gasteiger charge is 2.14. The Morgan fingerprint density at radius 2 is 2.00 bits per heavy atom. The molecular formula is C14H16N2O2. The van der Waals surface area contributed by atoms with E-state index in [2.05, 4.69) is 5.10 Å². The van der Waals surface area contributed by atoms with Crippen molar-refractivity contribution in [3.63, 3.8) is 0 Å². The van der Waals surface area contributed by atoms with E-state index in [1.807, 2.05) is 39.0 Å². The van der Waals surface area contributed by atoms with E-state index in [1.165, 1.54) is 0 Å². The van der Waals surface area contributed by atoms with Crippen molar-refractivity contribution in [1.29, 1.82) is 0 Å². The molecule has 94 valence electrons. The second-order valence-corrected chi connectivity index (χ2v) is 4.29. The molecule has 2 rings (SSSR count). The minimum absolute atomic E-state index is 0.638. The molecule has 0 N–H and O–H groups in total. The van der Waals surface area contributed by atoms with Crippen LogP contribution >= 0.6 is 0 Å². The molecule has 0 fully saturated rings. The van der Waals surface area contributed by atoms with Crippen molar-refractivity contribution in [2.24, 2.45) is 0 Å². The van der Waals surface area contributed by atoms with Crippen LogP contribution in [-0.2, 0) is 0 Å². The Morgan fingerprint density at radius 1 is 1.28 bits per heavy atom. The Kier molecular flexibility index (Phi) is 3.19. The van der Waals surface area contributed by atoms with Gasteiger partial charge in [-0.15, -0.1) is 0 Å². The number of hydrogen-bond acceptors (Lipinski definition) is 3. The molecule has 0 spiro atoms. The summed E-state index contributed by atoms with van der Waals surface area (Å²) < 4.78 is 7.10. The second kappa shape index (κ2) is 4.64. The van der Waals surface area contributed by atoms with E-state index in [1.54, 1.807) is 11.8 Å². The molecule has 1 aromatic carbocycles. The van der Waals surface area contributed by atoms with E-state index in [-0.39, 0.29) is 0 Å². The van der Waals surface area contributed by atoms with E-state index < -0.39 is 0 Å². The second-order valence-electron chi connectivity index (χ2n) is 4.29. The van der Waals surface area contributed by atoms with E-state index in [0.717, 1.165) is 34.7 Å². The van der Waals surface area contributed by atoms with Crippen LogP contribution in [0.4, 0.5) is 0 Å². The van der Waals surface area contributed by atoms with Gasteiger partial charge in [0.1, 0.15) is 11.4 Å². The van der Waals surface area contributed by atoms with Crippen LogP contribution < -0.4 is 4.74 Å². The molecule has 0 aliphatic carbocycles. The third kappa shape index (κ3) is 1.90. The van der Waals surface area contributed by atoms with Crippen LogP contribution in [0.5, 0.6) is 5.75 Å². The number of aromatic nitrogens is 2. The molecule has 0 saturated heterocycles. The van der Waals surface area contributed by atoms with Crippen LogP contribution in [0.3, 0.4) is 0 Å². The number of ether oxygens (including phenoxy) is 1. The predicted octanol–water partition coefficient (Wildman–Crippen LogP) is 2.62. The van der Waals surface area contributed by atoms with Gasteiger partial charge >= 0.3 is 0 Å². The quantitative estimate of drug-likeness (QED) is 0.779. The van der Waals surface area contributed by atoms with Gasteiger partial charge in [-0.2, -0.15) is 5.10 Å². The van der Waals surface area contributed by atoms with Gasteiger partial charge in [0.05, 0.1) is 24.1 Å². The number of carbonyl (C=O) groups is 1. The molecule has 0 unspecified atom stereocenters. The summed E-state index contributed by atoms with van der Waals surface area (Å²) in [6.45, 7) is 5.72. The minimum Gasteiger partial charge on any atom is -0.494 e. The fraction of sp³-hybridized carbons (Fsp3) is 0.286. The molecule has 0 bridgehead atoms. The molecule has 4 heteroatoms. The number of benzene rings is 1. The molecule has 0 atom stereocenters. The molecule has 1 aromatic heterocycles. The van der Waals surface area contributed by atoms with Crippen molar-refractivity contribution < 1.29 is 9.53 Å². The van der Waals surface area contributed by atoms with Crippen molar-refractivity contribution in [2.45, 2.75) is 20.8 Å². The fourth-order valence-corrected chi connectivity index (χ4v) is 2.03. The number of rotatable bonds is 3. The van der Waals surface area contributed by atoms with Gasteiger partial charge in [0.2, 0.25) is 0 Å². The maximum atomic E-state index is 11.0. The van der Waals surface area contributed by atoms with E-state index in [9.17, 15) is 4.79 Å². The number of nitrogens with zero attached hydrogens (tertiary/aromatic N) is 2. The van der Waals surface area contributed by atoms with Crippen molar-refractivity contribution in [1.82, 2.24) is 9.78 Å². The standard InChI is InChI=1S/C14H16N2O2/c1-9-5-6-14(18-4)13(7-9)16-11(3)12(8-17)10(2)15-16/h5-8H,1-4H3. The Hall–Kier alpha value is -2.10. The van der Waals surface area contributed by atoms with Gasteiger partial charge in [0.25, 0.3) is 0 Å². The van der Waals surface area contributed by atoms with E-state index >= 15 is 0 Å². The summed E-state index contributed by atoms with van der Waals surface area (Å²) >= 11 is 0. The van der Waals surface area contributed by atoms with Gasteiger partial charge in [-0.3, -0.25) is 4.79 Å². The summed E-state index contributed by atoms with van der Waals surface area (Å²) in [5.74, 6) is 0.739. The number of hydrogen-bond donors (Lipinski definition) is 0. The zero-order valence-electron chi connectivity index (χ0n) is 11.0. The highest BCUT2D eigenvalue weighted by atomic mass is 16.5. The van der Waals surface area contributed by atoms with Crippen molar-refractivity contribution in [2.75, 3.05) is 7.11 Å². The summed E-state index contributed by atoms with van der Waals surface area (Å²) in [7, 11) is 1.63. The summed E-state index contributed by atoms with van der Waals surface area (Å²) in [6.07, 6.45) is 0.844. The first-order chi connectivity index (χ1) is 8.58. The highest BCUT2D eigenvalue weighted by molar-refractivity contribution is 5.78. The third-order valence-electron chi connectivity index (χ3n) is 3.03. The maximum Gasteiger partial charge on any atom is 0.153 e. The third-order valence-corrected chi connectivity index (χ3v) is 3.03. The summed E-state index contributed by atoms with van der Waals surface area (Å²) in [5.41, 5.74) is 4.16. The van der Waals surface area contributed by atoms with E-state index in [0.29, 0.717) is 5.56 Å². The average Bonchev–Trinajstić information content (AvgIpc) is 2.64. The van der Waals surface area contributed by atoms with Gasteiger partial charge in [-0.05, 0) is 38.5 Å². The predicted molar refractivity (Wildman–Crippen MR) is 69.7 cm³/mol. The van der Waals surface area contributed by atoms with Gasteiger partial charge in [0, 0.05) is 0 Å². The largest absolute Gasteiger partial charge is 0.494 e. The molecule has 18 heavy (non-hydrogen) atoms. The van der Waals surface area contributed by atoms with Crippen LogP contribution in [0.2, 0.25) is 0 Å². The van der Waals surface area contributed by atoms with Gasteiger partial charge in [0.15, 0.2) is 6.29 Å². The first-order valence-corrected chi connectivity index (χ1v) is 5.75. The lowest BCUT2D eigenvalue weighted by Gasteiger charge is -2.11. The monoisotopic (exact) mass is 244 g/mol. The molecule has 1 heterocycles. The minimum atomic E-state index is 0.638. The topological polar surface area (TPSA) is 44.1 Å². The van der Waals surface area contributed by atoms with Crippen LogP contribution in [0.15, 0.2) is 18.2 Å². The lowest BCUT2D eigenvalue weighted by molar-refractivity contribution is 0.112. The molecule has 0 aliphatic rings. The SMILES string of the molecule is COc1ccc(C)cc1-n1nc(C)c(C=O)c1C. The van der Waals surface area contributed by atoms with Crippen LogP contribution in [0.1, 0.15) is 27.3 Å². The van der Waals surface area contributed by atoms with Crippen molar-refractivity contribution >= 4 is 6.29 Å². The average molecular weight is 244 g/mol. The Bertz CT molecular complexity index is 600. The van der Waals surface area contributed by atoms with Gasteiger partial charge in [-0.1, -0.05) is 6.07 Å². The number of methoxy groups -OCH3 is 1. The molecule has 4 nitrogen and oxygen atoms in total.